The van der Waals surface area contributed by atoms with E-state index in [0.717, 1.165) is 41.8 Å². The number of aryl methyl sites for hydroxylation is 1. The van der Waals surface area contributed by atoms with Gasteiger partial charge in [-0.1, -0.05) is 25.0 Å². The minimum Gasteiger partial charge on any atom is -0.241 e. The normalized spacial score (nSPS) is 17.8. The standard InChI is InChI=1S/C14H14N2OS/c1-10-16-13-11(5-4-6-12(13)18-10)14(15-9-17)7-2-3-8-14/h4-6H,2-3,7-8H2,1H3. The van der Waals surface area contributed by atoms with Crippen LogP contribution in [0.1, 0.15) is 36.3 Å². The third-order valence-electron chi connectivity index (χ3n) is 3.72. The van der Waals surface area contributed by atoms with Gasteiger partial charge in [0.1, 0.15) is 5.54 Å². The third kappa shape index (κ3) is 1.69. The van der Waals surface area contributed by atoms with Crippen molar-refractivity contribution in [2.75, 3.05) is 0 Å². The predicted molar refractivity (Wildman–Crippen MR) is 72.6 cm³/mol. The maximum Gasteiger partial charge on any atom is 0.235 e. The molecular formula is C14H14N2OS. The van der Waals surface area contributed by atoms with Gasteiger partial charge in [-0.25, -0.2) is 9.78 Å². The minimum atomic E-state index is -0.373. The zero-order valence-corrected chi connectivity index (χ0v) is 11.1. The molecule has 0 saturated heterocycles. The molecule has 0 bridgehead atoms. The lowest BCUT2D eigenvalue weighted by atomic mass is 9.88. The Kier molecular flexibility index (Phi) is 2.77. The monoisotopic (exact) mass is 258 g/mol. The van der Waals surface area contributed by atoms with E-state index in [1.54, 1.807) is 17.4 Å². The van der Waals surface area contributed by atoms with E-state index in [1.165, 1.54) is 4.70 Å². The molecule has 1 aromatic heterocycles. The van der Waals surface area contributed by atoms with Crippen LogP contribution in [0.15, 0.2) is 23.2 Å². The van der Waals surface area contributed by atoms with Crippen molar-refractivity contribution in [3.8, 4) is 0 Å². The first kappa shape index (κ1) is 11.6. The Bertz CT molecular complexity index is 634. The molecule has 1 fully saturated rings. The first-order valence-electron chi connectivity index (χ1n) is 6.21. The summed E-state index contributed by atoms with van der Waals surface area (Å²) >= 11 is 1.69. The first-order valence-corrected chi connectivity index (χ1v) is 7.02. The van der Waals surface area contributed by atoms with Gasteiger partial charge in [-0.15, -0.1) is 11.3 Å². The third-order valence-corrected chi connectivity index (χ3v) is 4.65. The number of hydrogen-bond donors (Lipinski definition) is 0. The van der Waals surface area contributed by atoms with Gasteiger partial charge in [0.15, 0.2) is 0 Å². The molecule has 1 aliphatic carbocycles. The number of aliphatic imine (C=N–C) groups is 1. The van der Waals surface area contributed by atoms with E-state index in [9.17, 15) is 4.79 Å². The summed E-state index contributed by atoms with van der Waals surface area (Å²) in [6.45, 7) is 2.01. The van der Waals surface area contributed by atoms with Crippen molar-refractivity contribution in [3.05, 3.63) is 28.8 Å². The van der Waals surface area contributed by atoms with Crippen LogP contribution in [-0.2, 0) is 10.3 Å². The molecule has 3 nitrogen and oxygen atoms in total. The van der Waals surface area contributed by atoms with Gasteiger partial charge in [-0.05, 0) is 25.8 Å². The SMILES string of the molecule is Cc1nc2c(C3(N=C=O)CCCC3)cccc2s1. The number of rotatable bonds is 2. The molecule has 0 unspecified atom stereocenters. The number of fused-ring (bicyclic) bond motifs is 1. The summed E-state index contributed by atoms with van der Waals surface area (Å²) in [5.74, 6) is 0. The van der Waals surface area contributed by atoms with Crippen LogP contribution >= 0.6 is 11.3 Å². The first-order chi connectivity index (χ1) is 8.75. The maximum absolute atomic E-state index is 10.8. The van der Waals surface area contributed by atoms with Gasteiger partial charge in [0.25, 0.3) is 0 Å². The van der Waals surface area contributed by atoms with Crippen molar-refractivity contribution in [1.29, 1.82) is 0 Å². The van der Waals surface area contributed by atoms with E-state index in [0.29, 0.717) is 0 Å². The summed E-state index contributed by atoms with van der Waals surface area (Å²) in [5.41, 5.74) is 1.74. The highest BCUT2D eigenvalue weighted by Gasteiger charge is 2.37. The van der Waals surface area contributed by atoms with E-state index < -0.39 is 0 Å². The van der Waals surface area contributed by atoms with Gasteiger partial charge in [0.2, 0.25) is 6.08 Å². The Balaban J connectivity index is 2.26. The molecule has 1 aliphatic rings. The molecule has 1 saturated carbocycles. The zero-order valence-electron chi connectivity index (χ0n) is 10.3. The lowest BCUT2D eigenvalue weighted by Crippen LogP contribution is -2.19. The van der Waals surface area contributed by atoms with Gasteiger partial charge in [-0.2, -0.15) is 4.99 Å². The van der Waals surface area contributed by atoms with E-state index in [4.69, 9.17) is 0 Å². The Morgan fingerprint density at radius 3 is 2.89 bits per heavy atom. The molecule has 92 valence electrons. The summed E-state index contributed by atoms with van der Waals surface area (Å²) in [6, 6.07) is 6.18. The number of isocyanates is 1. The second-order valence-electron chi connectivity index (χ2n) is 4.83. The second kappa shape index (κ2) is 4.30. The highest BCUT2D eigenvalue weighted by atomic mass is 32.1. The average molecular weight is 258 g/mol. The molecule has 0 atom stereocenters. The fourth-order valence-corrected chi connectivity index (χ4v) is 3.78. The van der Waals surface area contributed by atoms with Crippen LogP contribution in [0, 0.1) is 6.92 Å². The van der Waals surface area contributed by atoms with Gasteiger partial charge < -0.3 is 0 Å². The topological polar surface area (TPSA) is 42.3 Å². The molecule has 3 rings (SSSR count). The van der Waals surface area contributed by atoms with Crippen LogP contribution in [0.4, 0.5) is 0 Å². The Morgan fingerprint density at radius 1 is 1.39 bits per heavy atom. The lowest BCUT2D eigenvalue weighted by Gasteiger charge is -2.23. The fourth-order valence-electron chi connectivity index (χ4n) is 2.92. The van der Waals surface area contributed by atoms with E-state index in [-0.39, 0.29) is 5.54 Å². The van der Waals surface area contributed by atoms with E-state index in [2.05, 4.69) is 22.1 Å². The number of thiazole rings is 1. The Labute approximate surface area is 110 Å². The van der Waals surface area contributed by atoms with Crippen molar-refractivity contribution in [1.82, 2.24) is 4.98 Å². The predicted octanol–water partition coefficient (Wildman–Crippen LogP) is 3.71. The van der Waals surface area contributed by atoms with Crippen molar-refractivity contribution >= 4 is 27.6 Å². The molecule has 0 radical (unpaired) electrons. The second-order valence-corrected chi connectivity index (χ2v) is 6.06. The van der Waals surface area contributed by atoms with E-state index in [1.807, 2.05) is 13.0 Å². The quantitative estimate of drug-likeness (QED) is 0.608. The summed E-state index contributed by atoms with van der Waals surface area (Å²) < 4.78 is 1.18. The lowest BCUT2D eigenvalue weighted by molar-refractivity contribution is 0.459. The van der Waals surface area contributed by atoms with Crippen LogP contribution in [0.25, 0.3) is 10.2 Å². The summed E-state index contributed by atoms with van der Waals surface area (Å²) in [6.07, 6.45) is 5.86. The summed E-state index contributed by atoms with van der Waals surface area (Å²) in [4.78, 5) is 19.5. The number of para-hydroxylation sites is 1. The van der Waals surface area contributed by atoms with Gasteiger partial charge in [0.05, 0.1) is 15.2 Å². The molecule has 0 amide bonds. The Morgan fingerprint density at radius 2 is 2.17 bits per heavy atom. The molecular weight excluding hydrogens is 244 g/mol. The number of benzene rings is 1. The van der Waals surface area contributed by atoms with Crippen molar-refractivity contribution in [2.45, 2.75) is 38.1 Å². The van der Waals surface area contributed by atoms with Crippen molar-refractivity contribution < 1.29 is 4.79 Å². The van der Waals surface area contributed by atoms with Gasteiger partial charge in [-0.3, -0.25) is 0 Å². The van der Waals surface area contributed by atoms with Crippen molar-refractivity contribution in [3.63, 3.8) is 0 Å². The number of carbonyl (C=O) groups excluding carboxylic acids is 1. The number of hydrogen-bond acceptors (Lipinski definition) is 4. The smallest absolute Gasteiger partial charge is 0.235 e. The maximum atomic E-state index is 10.8. The van der Waals surface area contributed by atoms with Crippen molar-refractivity contribution in [2.24, 2.45) is 4.99 Å². The molecule has 0 spiro atoms. The number of nitrogens with zero attached hydrogens (tertiary/aromatic N) is 2. The zero-order chi connectivity index (χ0) is 12.6. The molecule has 0 aliphatic heterocycles. The van der Waals surface area contributed by atoms with Gasteiger partial charge >= 0.3 is 0 Å². The highest BCUT2D eigenvalue weighted by Crippen LogP contribution is 2.44. The fraction of sp³-hybridized carbons (Fsp3) is 0.429. The van der Waals surface area contributed by atoms with Crippen LogP contribution in [0.5, 0.6) is 0 Å². The van der Waals surface area contributed by atoms with Crippen LogP contribution < -0.4 is 0 Å². The van der Waals surface area contributed by atoms with Crippen LogP contribution in [0.2, 0.25) is 0 Å². The molecule has 1 aromatic carbocycles. The Hall–Kier alpha value is -1.51. The number of aromatic nitrogens is 1. The van der Waals surface area contributed by atoms with Crippen LogP contribution in [0.3, 0.4) is 0 Å². The van der Waals surface area contributed by atoms with Crippen LogP contribution in [-0.4, -0.2) is 11.1 Å². The molecule has 2 aromatic rings. The summed E-state index contributed by atoms with van der Waals surface area (Å²) in [5, 5.41) is 1.06. The molecule has 0 N–H and O–H groups in total. The summed E-state index contributed by atoms with van der Waals surface area (Å²) in [7, 11) is 0. The largest absolute Gasteiger partial charge is 0.241 e. The molecule has 18 heavy (non-hydrogen) atoms. The average Bonchev–Trinajstić information content (AvgIpc) is 2.94. The van der Waals surface area contributed by atoms with Gasteiger partial charge in [0, 0.05) is 5.56 Å². The minimum absolute atomic E-state index is 0.373. The molecule has 4 heteroatoms. The highest BCUT2D eigenvalue weighted by molar-refractivity contribution is 7.18. The van der Waals surface area contributed by atoms with E-state index >= 15 is 0 Å². The molecule has 1 heterocycles.